The van der Waals surface area contributed by atoms with Gasteiger partial charge >= 0.3 is 5.97 Å². The highest BCUT2D eigenvalue weighted by atomic mass is 79.9. The van der Waals surface area contributed by atoms with Gasteiger partial charge in [0.1, 0.15) is 10.3 Å². The number of hydrogen-bond donors (Lipinski definition) is 2. The smallest absolute Gasteiger partial charge is 0.308 e. The molecule has 0 saturated heterocycles. The first-order valence-corrected chi connectivity index (χ1v) is 7.53. The summed E-state index contributed by atoms with van der Waals surface area (Å²) >= 11 is 3.22. The van der Waals surface area contributed by atoms with E-state index in [1.807, 2.05) is 0 Å². The lowest BCUT2D eigenvalue weighted by atomic mass is 9.95. The molecule has 0 aliphatic heterocycles. The molecule has 1 aliphatic carbocycles. The number of nitrogens with one attached hydrogen (secondary N) is 1. The zero-order valence-corrected chi connectivity index (χ0v) is 12.6. The van der Waals surface area contributed by atoms with Gasteiger partial charge in [-0.1, -0.05) is 25.3 Å². The van der Waals surface area contributed by atoms with Crippen LogP contribution in [0.3, 0.4) is 0 Å². The molecule has 1 aromatic heterocycles. The van der Waals surface area contributed by atoms with Gasteiger partial charge in [0, 0.05) is 6.04 Å². The van der Waals surface area contributed by atoms with Crippen LogP contribution in [0.2, 0.25) is 0 Å². The highest BCUT2D eigenvalue weighted by Crippen LogP contribution is 2.24. The first kappa shape index (κ1) is 15.0. The van der Waals surface area contributed by atoms with Crippen molar-refractivity contribution in [3.05, 3.63) is 28.5 Å². The average molecular weight is 341 g/mol. The van der Waals surface area contributed by atoms with E-state index in [0.29, 0.717) is 23.1 Å². The number of rotatable bonds is 3. The molecule has 6 heteroatoms. The number of amides is 1. The maximum atomic E-state index is 12.2. The topological polar surface area (TPSA) is 79.3 Å². The molecule has 108 valence electrons. The monoisotopic (exact) mass is 340 g/mol. The van der Waals surface area contributed by atoms with E-state index in [9.17, 15) is 14.7 Å². The molecule has 20 heavy (non-hydrogen) atoms. The predicted molar refractivity (Wildman–Crippen MR) is 77.4 cm³/mol. The molecule has 0 bridgehead atoms. The van der Waals surface area contributed by atoms with Gasteiger partial charge in [-0.3, -0.25) is 9.59 Å². The summed E-state index contributed by atoms with van der Waals surface area (Å²) in [5.41, 5.74) is 0.299. The first-order chi connectivity index (χ1) is 9.58. The lowest BCUT2D eigenvalue weighted by molar-refractivity contribution is -0.142. The number of halogens is 1. The first-order valence-electron chi connectivity index (χ1n) is 6.74. The van der Waals surface area contributed by atoms with E-state index in [1.165, 1.54) is 0 Å². The second-order valence-electron chi connectivity index (χ2n) is 5.01. The summed E-state index contributed by atoms with van der Waals surface area (Å²) in [6.45, 7) is 0. The van der Waals surface area contributed by atoms with Crippen molar-refractivity contribution in [2.45, 2.75) is 38.1 Å². The van der Waals surface area contributed by atoms with Gasteiger partial charge in [0.2, 0.25) is 0 Å². The third kappa shape index (κ3) is 3.79. The molecule has 1 saturated carbocycles. The summed E-state index contributed by atoms with van der Waals surface area (Å²) in [6, 6.07) is 4.77. The van der Waals surface area contributed by atoms with Crippen LogP contribution < -0.4 is 5.32 Å². The molecule has 2 N–H and O–H groups in total. The molecule has 1 aromatic rings. The Morgan fingerprint density at radius 3 is 2.70 bits per heavy atom. The van der Waals surface area contributed by atoms with Crippen molar-refractivity contribution in [2.75, 3.05) is 0 Å². The van der Waals surface area contributed by atoms with Gasteiger partial charge in [0.25, 0.3) is 5.91 Å². The molecule has 1 amide bonds. The fraction of sp³-hybridized carbons (Fsp3) is 0.500. The Morgan fingerprint density at radius 2 is 2.00 bits per heavy atom. The molecule has 2 rings (SSSR count). The number of hydrogen-bond acceptors (Lipinski definition) is 3. The number of aromatic nitrogens is 1. The minimum absolute atomic E-state index is 0.299. The molecule has 0 radical (unpaired) electrons. The van der Waals surface area contributed by atoms with Crippen LogP contribution in [0.15, 0.2) is 22.8 Å². The Morgan fingerprint density at radius 1 is 1.25 bits per heavy atom. The maximum absolute atomic E-state index is 12.2. The van der Waals surface area contributed by atoms with Crippen molar-refractivity contribution >= 4 is 27.8 Å². The van der Waals surface area contributed by atoms with Crippen LogP contribution >= 0.6 is 15.9 Å². The van der Waals surface area contributed by atoms with Gasteiger partial charge in [-0.15, -0.1) is 0 Å². The number of carboxylic acids is 1. The summed E-state index contributed by atoms with van der Waals surface area (Å²) in [5, 5.41) is 12.1. The summed E-state index contributed by atoms with van der Waals surface area (Å²) in [7, 11) is 0. The Labute approximate surface area is 125 Å². The Bertz CT molecular complexity index is 507. The molecule has 1 heterocycles. The third-order valence-corrected chi connectivity index (χ3v) is 4.04. The van der Waals surface area contributed by atoms with E-state index in [-0.39, 0.29) is 11.9 Å². The lowest BCUT2D eigenvalue weighted by Crippen LogP contribution is -2.43. The van der Waals surface area contributed by atoms with Crippen molar-refractivity contribution in [1.82, 2.24) is 10.3 Å². The lowest BCUT2D eigenvalue weighted by Gasteiger charge is -2.22. The van der Waals surface area contributed by atoms with Crippen LogP contribution in [-0.4, -0.2) is 28.0 Å². The minimum Gasteiger partial charge on any atom is -0.481 e. The third-order valence-electron chi connectivity index (χ3n) is 3.60. The highest BCUT2D eigenvalue weighted by Gasteiger charge is 2.30. The van der Waals surface area contributed by atoms with Crippen LogP contribution in [0.5, 0.6) is 0 Å². The quantitative estimate of drug-likeness (QED) is 0.654. The normalized spacial score (nSPS) is 22.9. The Balaban J connectivity index is 2.09. The minimum atomic E-state index is -0.834. The highest BCUT2D eigenvalue weighted by molar-refractivity contribution is 9.10. The summed E-state index contributed by atoms with van der Waals surface area (Å²) in [4.78, 5) is 27.6. The van der Waals surface area contributed by atoms with Gasteiger partial charge in [-0.05, 0) is 40.9 Å². The maximum Gasteiger partial charge on any atom is 0.308 e. The average Bonchev–Trinajstić information content (AvgIpc) is 2.64. The summed E-state index contributed by atoms with van der Waals surface area (Å²) in [6.07, 6.45) is 4.19. The van der Waals surface area contributed by atoms with Crippen molar-refractivity contribution in [2.24, 2.45) is 5.92 Å². The van der Waals surface area contributed by atoms with Gasteiger partial charge < -0.3 is 10.4 Å². The second kappa shape index (κ2) is 6.83. The molecule has 2 unspecified atom stereocenters. The van der Waals surface area contributed by atoms with E-state index in [4.69, 9.17) is 0 Å². The molecule has 0 spiro atoms. The largest absolute Gasteiger partial charge is 0.481 e. The van der Waals surface area contributed by atoms with Gasteiger partial charge in [0.05, 0.1) is 5.92 Å². The van der Waals surface area contributed by atoms with Crippen molar-refractivity contribution in [3.8, 4) is 0 Å². The fourth-order valence-electron chi connectivity index (χ4n) is 2.55. The molecular formula is C14H17BrN2O3. The van der Waals surface area contributed by atoms with Crippen molar-refractivity contribution in [3.63, 3.8) is 0 Å². The molecular weight excluding hydrogens is 324 g/mol. The van der Waals surface area contributed by atoms with Crippen LogP contribution in [-0.2, 0) is 4.79 Å². The number of pyridine rings is 1. The number of aliphatic carboxylic acids is 1. The van der Waals surface area contributed by atoms with Crippen LogP contribution in [0.4, 0.5) is 0 Å². The molecule has 5 nitrogen and oxygen atoms in total. The van der Waals surface area contributed by atoms with Crippen LogP contribution in [0, 0.1) is 5.92 Å². The van der Waals surface area contributed by atoms with Crippen molar-refractivity contribution < 1.29 is 14.7 Å². The van der Waals surface area contributed by atoms with Gasteiger partial charge in [-0.2, -0.15) is 0 Å². The van der Waals surface area contributed by atoms with Crippen molar-refractivity contribution in [1.29, 1.82) is 0 Å². The van der Waals surface area contributed by atoms with E-state index in [1.54, 1.807) is 18.2 Å². The fourth-order valence-corrected chi connectivity index (χ4v) is 2.90. The number of carboxylic acid groups (broad SMARTS) is 1. The van der Waals surface area contributed by atoms with Gasteiger partial charge in [0.15, 0.2) is 0 Å². The molecule has 0 aromatic carbocycles. The van der Waals surface area contributed by atoms with Crippen LogP contribution in [0.1, 0.15) is 42.6 Å². The van der Waals surface area contributed by atoms with E-state index >= 15 is 0 Å². The SMILES string of the molecule is O=C(NC1CCCCCC1C(=O)O)c1cccc(Br)n1. The van der Waals surface area contributed by atoms with E-state index in [2.05, 4.69) is 26.2 Å². The summed E-state index contributed by atoms with van der Waals surface area (Å²) in [5.74, 6) is -1.66. The Kier molecular flexibility index (Phi) is 5.11. The zero-order chi connectivity index (χ0) is 14.5. The summed E-state index contributed by atoms with van der Waals surface area (Å²) < 4.78 is 0.584. The number of carbonyl (C=O) groups excluding carboxylic acids is 1. The molecule has 1 fully saturated rings. The standard InChI is InChI=1S/C14H17BrN2O3/c15-12-8-4-7-11(16-12)13(18)17-10-6-3-1-2-5-9(10)14(19)20/h4,7-10H,1-3,5-6H2,(H,17,18)(H,19,20). The van der Waals surface area contributed by atoms with Gasteiger partial charge in [-0.25, -0.2) is 4.98 Å². The predicted octanol–water partition coefficient (Wildman–Crippen LogP) is 2.61. The number of carbonyl (C=O) groups is 2. The zero-order valence-electron chi connectivity index (χ0n) is 11.0. The molecule has 1 aliphatic rings. The van der Waals surface area contributed by atoms with Crippen LogP contribution in [0.25, 0.3) is 0 Å². The second-order valence-corrected chi connectivity index (χ2v) is 5.82. The van der Waals surface area contributed by atoms with E-state index < -0.39 is 11.9 Å². The van der Waals surface area contributed by atoms with E-state index in [0.717, 1.165) is 19.3 Å². The number of nitrogens with zero attached hydrogens (tertiary/aromatic N) is 1. The molecule has 2 atom stereocenters. The Hall–Kier alpha value is -1.43.